The first kappa shape index (κ1) is 16.2. The summed E-state index contributed by atoms with van der Waals surface area (Å²) in [6.45, 7) is 4.79. The van der Waals surface area contributed by atoms with E-state index >= 15 is 0 Å². The number of rotatable bonds is 3. The topological polar surface area (TPSA) is 63.4 Å². The molecular formula is C14H20F2N2O2S. The van der Waals surface area contributed by atoms with Crippen molar-refractivity contribution in [1.82, 2.24) is 4.31 Å². The summed E-state index contributed by atoms with van der Waals surface area (Å²) in [5.41, 5.74) is 5.42. The summed E-state index contributed by atoms with van der Waals surface area (Å²) >= 11 is 0. The molecule has 0 spiro atoms. The van der Waals surface area contributed by atoms with E-state index in [0.29, 0.717) is 25.9 Å². The van der Waals surface area contributed by atoms with E-state index in [4.69, 9.17) is 5.73 Å². The second kappa shape index (κ2) is 5.53. The number of nitrogens with two attached hydrogens (primary N) is 1. The maximum atomic E-state index is 13.8. The number of hydrogen-bond donors (Lipinski definition) is 1. The van der Waals surface area contributed by atoms with E-state index in [-0.39, 0.29) is 11.1 Å². The minimum atomic E-state index is -4.06. The molecule has 0 aliphatic carbocycles. The molecule has 0 aromatic heterocycles. The minimum absolute atomic E-state index is 0.103. The Morgan fingerprint density at radius 3 is 2.38 bits per heavy atom. The van der Waals surface area contributed by atoms with Crippen LogP contribution in [0.25, 0.3) is 0 Å². The lowest BCUT2D eigenvalue weighted by molar-refractivity contribution is 0.168. The van der Waals surface area contributed by atoms with Gasteiger partial charge in [0.15, 0.2) is 11.6 Å². The van der Waals surface area contributed by atoms with Crippen molar-refractivity contribution < 1.29 is 17.2 Å². The molecule has 4 nitrogen and oxygen atoms in total. The van der Waals surface area contributed by atoms with Crippen LogP contribution in [0.5, 0.6) is 0 Å². The number of piperidine rings is 1. The molecule has 118 valence electrons. The first-order valence-corrected chi connectivity index (χ1v) is 8.38. The van der Waals surface area contributed by atoms with E-state index in [2.05, 4.69) is 13.8 Å². The Labute approximate surface area is 124 Å². The number of sulfonamides is 1. The molecule has 0 saturated carbocycles. The molecule has 2 N–H and O–H groups in total. The minimum Gasteiger partial charge on any atom is -0.399 e. The van der Waals surface area contributed by atoms with Crippen molar-refractivity contribution in [2.24, 2.45) is 5.41 Å². The van der Waals surface area contributed by atoms with Gasteiger partial charge in [-0.3, -0.25) is 0 Å². The first-order valence-electron chi connectivity index (χ1n) is 6.94. The highest BCUT2D eigenvalue weighted by molar-refractivity contribution is 7.89. The first-order chi connectivity index (χ1) is 9.69. The van der Waals surface area contributed by atoms with Crippen LogP contribution in [0.15, 0.2) is 17.0 Å². The molecule has 0 radical (unpaired) electrons. The maximum Gasteiger partial charge on any atom is 0.246 e. The van der Waals surface area contributed by atoms with Gasteiger partial charge in [-0.2, -0.15) is 4.31 Å². The van der Waals surface area contributed by atoms with E-state index in [1.807, 2.05) is 0 Å². The van der Waals surface area contributed by atoms with Gasteiger partial charge < -0.3 is 5.73 Å². The number of anilines is 1. The highest BCUT2D eigenvalue weighted by Crippen LogP contribution is 2.36. The average Bonchev–Trinajstić information content (AvgIpc) is 2.43. The summed E-state index contributed by atoms with van der Waals surface area (Å²) in [6, 6.07) is 1.75. The smallest absolute Gasteiger partial charge is 0.246 e. The fraction of sp³-hybridized carbons (Fsp3) is 0.571. The van der Waals surface area contributed by atoms with E-state index in [1.165, 1.54) is 4.31 Å². The molecule has 1 saturated heterocycles. The van der Waals surface area contributed by atoms with Crippen molar-refractivity contribution in [3.05, 3.63) is 23.8 Å². The Balaban J connectivity index is 2.32. The maximum absolute atomic E-state index is 13.8. The molecule has 1 heterocycles. The summed E-state index contributed by atoms with van der Waals surface area (Å²) < 4.78 is 53.4. The normalized spacial score (nSPS) is 19.6. The van der Waals surface area contributed by atoms with Gasteiger partial charge in [-0.15, -0.1) is 0 Å². The molecule has 1 aromatic rings. The summed E-state index contributed by atoms with van der Waals surface area (Å²) in [4.78, 5) is -0.680. The van der Waals surface area contributed by atoms with Gasteiger partial charge in [0.25, 0.3) is 0 Å². The second-order valence-electron chi connectivity index (χ2n) is 5.88. The van der Waals surface area contributed by atoms with Crippen molar-refractivity contribution in [2.45, 2.75) is 38.0 Å². The third-order valence-electron chi connectivity index (χ3n) is 4.42. The fourth-order valence-corrected chi connectivity index (χ4v) is 4.08. The molecule has 1 aromatic carbocycles. The zero-order valence-electron chi connectivity index (χ0n) is 12.2. The van der Waals surface area contributed by atoms with Crippen LogP contribution in [-0.4, -0.2) is 25.8 Å². The lowest BCUT2D eigenvalue weighted by atomic mass is 9.79. The van der Waals surface area contributed by atoms with E-state index < -0.39 is 26.6 Å². The van der Waals surface area contributed by atoms with Gasteiger partial charge >= 0.3 is 0 Å². The van der Waals surface area contributed by atoms with Crippen LogP contribution in [0, 0.1) is 17.0 Å². The SMILES string of the molecule is CCC1(C)CCN(S(=O)(=O)c2cc(N)cc(F)c2F)CC1. The number of benzene rings is 1. The molecule has 2 rings (SSSR count). The van der Waals surface area contributed by atoms with Gasteiger partial charge in [-0.05, 0) is 30.4 Å². The molecular weight excluding hydrogens is 298 g/mol. The number of nitrogens with zero attached hydrogens (tertiary/aromatic N) is 1. The summed E-state index contributed by atoms with van der Waals surface area (Å²) in [5, 5.41) is 0. The lowest BCUT2D eigenvalue weighted by Gasteiger charge is -2.38. The summed E-state index contributed by atoms with van der Waals surface area (Å²) in [6.07, 6.45) is 2.37. The molecule has 0 unspecified atom stereocenters. The molecule has 1 aliphatic heterocycles. The van der Waals surface area contributed by atoms with Gasteiger partial charge in [0.1, 0.15) is 4.90 Å². The van der Waals surface area contributed by atoms with Crippen molar-refractivity contribution in [3.8, 4) is 0 Å². The van der Waals surface area contributed by atoms with Gasteiger partial charge in [-0.25, -0.2) is 17.2 Å². The second-order valence-corrected chi connectivity index (χ2v) is 7.79. The van der Waals surface area contributed by atoms with Crippen LogP contribution < -0.4 is 5.73 Å². The number of nitrogen functional groups attached to an aromatic ring is 1. The molecule has 1 aliphatic rings. The standard InChI is InChI=1S/C14H20F2N2O2S/c1-3-14(2)4-6-18(7-5-14)21(19,20)12-9-10(17)8-11(15)13(12)16/h8-9H,3-7,17H2,1-2H3. The molecule has 0 bridgehead atoms. The van der Waals surface area contributed by atoms with Crippen LogP contribution in [0.2, 0.25) is 0 Å². The third kappa shape index (κ3) is 3.03. The van der Waals surface area contributed by atoms with Crippen LogP contribution in [0.3, 0.4) is 0 Å². The predicted octanol–water partition coefficient (Wildman–Crippen LogP) is 2.75. The van der Waals surface area contributed by atoms with Crippen LogP contribution in [0.4, 0.5) is 14.5 Å². The average molecular weight is 318 g/mol. The van der Waals surface area contributed by atoms with Gasteiger partial charge in [0, 0.05) is 18.8 Å². The fourth-order valence-electron chi connectivity index (χ4n) is 2.53. The van der Waals surface area contributed by atoms with Crippen molar-refractivity contribution in [2.75, 3.05) is 18.8 Å². The molecule has 21 heavy (non-hydrogen) atoms. The number of halogens is 2. The highest BCUT2D eigenvalue weighted by atomic mass is 32.2. The molecule has 1 fully saturated rings. The Bertz CT molecular complexity index is 639. The van der Waals surface area contributed by atoms with Crippen molar-refractivity contribution in [3.63, 3.8) is 0 Å². The van der Waals surface area contributed by atoms with E-state index in [9.17, 15) is 17.2 Å². The predicted molar refractivity (Wildman–Crippen MR) is 77.2 cm³/mol. The monoisotopic (exact) mass is 318 g/mol. The summed E-state index contributed by atoms with van der Waals surface area (Å²) in [5.74, 6) is -2.61. The Hall–Kier alpha value is -1.21. The van der Waals surface area contributed by atoms with E-state index in [0.717, 1.165) is 18.6 Å². The van der Waals surface area contributed by atoms with Crippen molar-refractivity contribution in [1.29, 1.82) is 0 Å². The zero-order valence-corrected chi connectivity index (χ0v) is 13.0. The van der Waals surface area contributed by atoms with Gasteiger partial charge in [0.05, 0.1) is 0 Å². The summed E-state index contributed by atoms with van der Waals surface area (Å²) in [7, 11) is -4.06. The third-order valence-corrected chi connectivity index (χ3v) is 6.32. The molecule has 0 amide bonds. The quantitative estimate of drug-likeness (QED) is 0.872. The Kier molecular flexibility index (Phi) is 4.26. The number of hydrogen-bond acceptors (Lipinski definition) is 3. The van der Waals surface area contributed by atoms with Gasteiger partial charge in [-0.1, -0.05) is 20.3 Å². The van der Waals surface area contributed by atoms with Crippen LogP contribution in [-0.2, 0) is 10.0 Å². The van der Waals surface area contributed by atoms with Crippen molar-refractivity contribution >= 4 is 15.7 Å². The Morgan fingerprint density at radius 1 is 1.29 bits per heavy atom. The highest BCUT2D eigenvalue weighted by Gasteiger charge is 2.36. The molecule has 0 atom stereocenters. The molecule has 7 heteroatoms. The Morgan fingerprint density at radius 2 is 1.86 bits per heavy atom. The largest absolute Gasteiger partial charge is 0.399 e. The van der Waals surface area contributed by atoms with Crippen LogP contribution in [0.1, 0.15) is 33.1 Å². The van der Waals surface area contributed by atoms with Gasteiger partial charge in [0.2, 0.25) is 10.0 Å². The lowest BCUT2D eigenvalue weighted by Crippen LogP contribution is -2.42. The zero-order chi connectivity index (χ0) is 15.8. The van der Waals surface area contributed by atoms with Crippen LogP contribution >= 0.6 is 0 Å². The van der Waals surface area contributed by atoms with E-state index in [1.54, 1.807) is 0 Å².